The second-order valence-electron chi connectivity index (χ2n) is 4.21. The molecule has 102 valence electrons. The fraction of sp³-hybridized carbons (Fsp3) is 0.889. The highest BCUT2D eigenvalue weighted by molar-refractivity contribution is 7.99. The van der Waals surface area contributed by atoms with E-state index in [1.807, 2.05) is 0 Å². The number of hydrogen-bond acceptors (Lipinski definition) is 4. The lowest BCUT2D eigenvalue weighted by molar-refractivity contribution is -0.122. The number of thioether (sulfide) groups is 1. The maximum Gasteiger partial charge on any atom is 0.267 e. The molecule has 0 unspecified atom stereocenters. The Morgan fingerprint density at radius 1 is 1.41 bits per heavy atom. The van der Waals surface area contributed by atoms with Crippen LogP contribution in [0, 0.1) is 0 Å². The molecule has 0 atom stereocenters. The summed E-state index contributed by atoms with van der Waals surface area (Å²) in [7, 11) is -4.13. The minimum absolute atomic E-state index is 0.194. The number of nitrogens with one attached hydrogen (secondary N) is 1. The van der Waals surface area contributed by atoms with Crippen molar-refractivity contribution in [1.29, 1.82) is 0 Å². The molecule has 0 fully saturated rings. The molecule has 0 saturated heterocycles. The van der Waals surface area contributed by atoms with E-state index in [-0.39, 0.29) is 12.3 Å². The lowest BCUT2D eigenvalue weighted by Gasteiger charge is -2.24. The summed E-state index contributed by atoms with van der Waals surface area (Å²) >= 11 is 1.32. The first-order valence-electron chi connectivity index (χ1n) is 5.06. The van der Waals surface area contributed by atoms with Crippen LogP contribution in [-0.4, -0.2) is 48.3 Å². The van der Waals surface area contributed by atoms with Gasteiger partial charge in [0.15, 0.2) is 0 Å². The van der Waals surface area contributed by atoms with Gasteiger partial charge in [0.25, 0.3) is 10.1 Å². The molecule has 0 rings (SSSR count). The smallest absolute Gasteiger partial charge is 0.267 e. The SMILES string of the molecule is CC(C)(CS(=O)(=O)O)NC(=O)CCSCCF. The van der Waals surface area contributed by atoms with Crippen LogP contribution < -0.4 is 5.32 Å². The molecule has 2 N–H and O–H groups in total. The molecule has 0 bridgehead atoms. The second-order valence-corrected chi connectivity index (χ2v) is 6.89. The predicted molar refractivity (Wildman–Crippen MR) is 66.6 cm³/mol. The Morgan fingerprint density at radius 3 is 2.47 bits per heavy atom. The Kier molecular flexibility index (Phi) is 7.03. The van der Waals surface area contributed by atoms with Gasteiger partial charge in [-0.15, -0.1) is 0 Å². The van der Waals surface area contributed by atoms with Crippen molar-refractivity contribution in [3.05, 3.63) is 0 Å². The number of carbonyl (C=O) groups excluding carboxylic acids is 1. The zero-order valence-corrected chi connectivity index (χ0v) is 11.5. The Morgan fingerprint density at radius 2 is 2.00 bits per heavy atom. The lowest BCUT2D eigenvalue weighted by Crippen LogP contribution is -2.48. The largest absolute Gasteiger partial charge is 0.350 e. The van der Waals surface area contributed by atoms with Gasteiger partial charge in [0, 0.05) is 17.9 Å². The highest BCUT2D eigenvalue weighted by atomic mass is 32.2. The van der Waals surface area contributed by atoms with Gasteiger partial charge in [0.2, 0.25) is 5.91 Å². The molecule has 5 nitrogen and oxygen atoms in total. The maximum atomic E-state index is 11.8. The molecule has 0 aliphatic rings. The predicted octanol–water partition coefficient (Wildman–Crippen LogP) is 0.862. The van der Waals surface area contributed by atoms with Crippen LogP contribution in [0.5, 0.6) is 0 Å². The Hall–Kier alpha value is -0.340. The topological polar surface area (TPSA) is 83.5 Å². The van der Waals surface area contributed by atoms with Crippen molar-refractivity contribution in [1.82, 2.24) is 5.32 Å². The summed E-state index contributed by atoms with van der Waals surface area (Å²) in [5.41, 5.74) is -1.02. The van der Waals surface area contributed by atoms with E-state index in [0.29, 0.717) is 11.5 Å². The first-order chi connectivity index (χ1) is 7.66. The molecule has 0 aromatic carbocycles. The van der Waals surface area contributed by atoms with Crippen molar-refractivity contribution < 1.29 is 22.2 Å². The Bertz CT molecular complexity index is 343. The van der Waals surface area contributed by atoms with Crippen LogP contribution in [-0.2, 0) is 14.9 Å². The van der Waals surface area contributed by atoms with Crippen molar-refractivity contribution in [3.8, 4) is 0 Å². The number of rotatable bonds is 8. The van der Waals surface area contributed by atoms with E-state index >= 15 is 0 Å². The third-order valence-corrected chi connectivity index (χ3v) is 3.74. The van der Waals surface area contributed by atoms with Crippen LogP contribution in [0.4, 0.5) is 4.39 Å². The summed E-state index contributed by atoms with van der Waals surface area (Å²) in [6.45, 7) is 2.58. The van der Waals surface area contributed by atoms with Crippen LogP contribution in [0.25, 0.3) is 0 Å². The monoisotopic (exact) mass is 287 g/mol. The fourth-order valence-electron chi connectivity index (χ4n) is 1.25. The average molecular weight is 287 g/mol. The molecular formula is C9H18FNO4S2. The quantitative estimate of drug-likeness (QED) is 0.511. The Labute approximate surface area is 105 Å². The molecule has 1 amide bonds. The van der Waals surface area contributed by atoms with Crippen molar-refractivity contribution in [2.45, 2.75) is 25.8 Å². The molecule has 0 saturated carbocycles. The molecule has 8 heteroatoms. The zero-order valence-electron chi connectivity index (χ0n) is 9.90. The molecular weight excluding hydrogens is 269 g/mol. The number of halogens is 1. The van der Waals surface area contributed by atoms with E-state index in [2.05, 4.69) is 5.32 Å². The number of hydrogen-bond donors (Lipinski definition) is 2. The van der Waals surface area contributed by atoms with E-state index in [4.69, 9.17) is 4.55 Å². The lowest BCUT2D eigenvalue weighted by atomic mass is 10.1. The van der Waals surface area contributed by atoms with E-state index in [1.165, 1.54) is 25.6 Å². The van der Waals surface area contributed by atoms with E-state index in [9.17, 15) is 17.6 Å². The minimum Gasteiger partial charge on any atom is -0.350 e. The number of amides is 1. The van der Waals surface area contributed by atoms with Gasteiger partial charge in [-0.3, -0.25) is 13.7 Å². The van der Waals surface area contributed by atoms with Gasteiger partial charge in [0.1, 0.15) is 0 Å². The molecule has 0 aliphatic carbocycles. The molecule has 0 aliphatic heterocycles. The van der Waals surface area contributed by atoms with E-state index in [1.54, 1.807) is 0 Å². The third kappa shape index (κ3) is 10.5. The van der Waals surface area contributed by atoms with Crippen LogP contribution in [0.2, 0.25) is 0 Å². The number of carbonyl (C=O) groups is 1. The first-order valence-corrected chi connectivity index (χ1v) is 7.82. The van der Waals surface area contributed by atoms with Gasteiger partial charge in [-0.25, -0.2) is 0 Å². The summed E-state index contributed by atoms with van der Waals surface area (Å²) in [4.78, 5) is 11.4. The van der Waals surface area contributed by atoms with Gasteiger partial charge in [-0.2, -0.15) is 20.2 Å². The molecule has 0 aromatic rings. The van der Waals surface area contributed by atoms with Crippen molar-refractivity contribution >= 4 is 27.8 Å². The summed E-state index contributed by atoms with van der Waals surface area (Å²) in [5.74, 6) is -0.0204. The molecule has 0 heterocycles. The molecule has 0 radical (unpaired) electrons. The van der Waals surface area contributed by atoms with Crippen molar-refractivity contribution in [3.63, 3.8) is 0 Å². The zero-order chi connectivity index (χ0) is 13.5. The second kappa shape index (κ2) is 7.17. The third-order valence-electron chi connectivity index (χ3n) is 1.72. The van der Waals surface area contributed by atoms with E-state index in [0.717, 1.165) is 0 Å². The summed E-state index contributed by atoms with van der Waals surface area (Å²) in [5, 5.41) is 2.50. The Balaban J connectivity index is 4.01. The van der Waals surface area contributed by atoms with Gasteiger partial charge < -0.3 is 5.32 Å². The van der Waals surface area contributed by atoms with Crippen molar-refractivity contribution in [2.24, 2.45) is 0 Å². The highest BCUT2D eigenvalue weighted by Crippen LogP contribution is 2.08. The summed E-state index contributed by atoms with van der Waals surface area (Å²) in [6.07, 6.45) is 0.194. The van der Waals surface area contributed by atoms with E-state index < -0.39 is 28.1 Å². The molecule has 0 aromatic heterocycles. The maximum absolute atomic E-state index is 11.8. The van der Waals surface area contributed by atoms with Crippen molar-refractivity contribution in [2.75, 3.05) is 23.9 Å². The molecule has 17 heavy (non-hydrogen) atoms. The van der Waals surface area contributed by atoms with Crippen LogP contribution in [0.15, 0.2) is 0 Å². The van der Waals surface area contributed by atoms with Crippen LogP contribution in [0.1, 0.15) is 20.3 Å². The van der Waals surface area contributed by atoms with Gasteiger partial charge in [0.05, 0.1) is 18.0 Å². The van der Waals surface area contributed by atoms with Gasteiger partial charge in [-0.05, 0) is 13.8 Å². The fourth-order valence-corrected chi connectivity index (χ4v) is 2.88. The minimum atomic E-state index is -4.13. The van der Waals surface area contributed by atoms with Gasteiger partial charge >= 0.3 is 0 Å². The summed E-state index contributed by atoms with van der Waals surface area (Å²) in [6, 6.07) is 0. The highest BCUT2D eigenvalue weighted by Gasteiger charge is 2.26. The van der Waals surface area contributed by atoms with Crippen LogP contribution in [0.3, 0.4) is 0 Å². The van der Waals surface area contributed by atoms with Crippen LogP contribution >= 0.6 is 11.8 Å². The first kappa shape index (κ1) is 16.7. The summed E-state index contributed by atoms with van der Waals surface area (Å²) < 4.78 is 41.8. The average Bonchev–Trinajstić information content (AvgIpc) is 2.07. The van der Waals surface area contributed by atoms with Gasteiger partial charge in [-0.1, -0.05) is 0 Å². The standard InChI is InChI=1S/C9H18FNO4S2/c1-9(2,7-17(13,14)15)11-8(12)3-5-16-6-4-10/h3-7H2,1-2H3,(H,11,12)(H,13,14,15). The molecule has 0 spiro atoms. The normalized spacial score (nSPS) is 12.5. The number of alkyl halides is 1.